The minimum absolute atomic E-state index is 0.259. The van der Waals surface area contributed by atoms with Gasteiger partial charge in [-0.25, -0.2) is 4.98 Å². The highest BCUT2D eigenvalue weighted by Gasteiger charge is 2.26. The average molecular weight is 315 g/mol. The molecule has 0 amide bonds. The Morgan fingerprint density at radius 2 is 1.71 bits per heavy atom. The van der Waals surface area contributed by atoms with Crippen molar-refractivity contribution in [1.29, 1.82) is 5.26 Å². The molecule has 1 aliphatic heterocycles. The second-order valence-corrected chi connectivity index (χ2v) is 6.02. The average Bonchev–Trinajstić information content (AvgIpc) is 3.32. The predicted molar refractivity (Wildman–Crippen MR) is 91.8 cm³/mol. The molecule has 0 aliphatic carbocycles. The highest BCUT2D eigenvalue weighted by molar-refractivity contribution is 5.67. The number of likely N-dealkylation sites (tertiary alicyclic amines) is 1. The number of nitrogens with zero attached hydrogens (tertiary/aromatic N) is 4. The van der Waals surface area contributed by atoms with Crippen LogP contribution in [0.5, 0.6) is 0 Å². The van der Waals surface area contributed by atoms with Gasteiger partial charge in [-0.15, -0.1) is 0 Å². The molecule has 3 aromatic rings. The maximum absolute atomic E-state index is 8.96. The van der Waals surface area contributed by atoms with E-state index < -0.39 is 0 Å². The standard InChI is InChI=1S/C19H17N5/c20-13-24-11-10-17(12-24)19-21-18(22-23-19)16-8-6-15(7-9-16)14-4-2-1-3-5-14/h1-9,17H,10-12H2,(H,21,22,23). The molecule has 4 rings (SSSR count). The highest BCUT2D eigenvalue weighted by atomic mass is 15.2. The van der Waals surface area contributed by atoms with Crippen LogP contribution in [0.3, 0.4) is 0 Å². The summed E-state index contributed by atoms with van der Waals surface area (Å²) in [5, 5.41) is 16.4. The highest BCUT2D eigenvalue weighted by Crippen LogP contribution is 2.27. The van der Waals surface area contributed by atoms with Crippen LogP contribution in [-0.2, 0) is 0 Å². The molecule has 1 aliphatic rings. The summed E-state index contributed by atoms with van der Waals surface area (Å²) in [5.41, 5.74) is 3.37. The van der Waals surface area contributed by atoms with Crippen LogP contribution in [0.2, 0.25) is 0 Å². The Kier molecular flexibility index (Phi) is 3.72. The number of H-pyrrole nitrogens is 1. The van der Waals surface area contributed by atoms with E-state index in [0.29, 0.717) is 5.82 Å². The van der Waals surface area contributed by atoms with Gasteiger partial charge in [-0.05, 0) is 17.5 Å². The lowest BCUT2D eigenvalue weighted by Gasteiger charge is -2.05. The summed E-state index contributed by atoms with van der Waals surface area (Å²) in [6.45, 7) is 1.51. The van der Waals surface area contributed by atoms with E-state index >= 15 is 0 Å². The van der Waals surface area contributed by atoms with Gasteiger partial charge in [0.2, 0.25) is 0 Å². The maximum atomic E-state index is 8.96. The molecule has 1 saturated heterocycles. The third-order valence-electron chi connectivity index (χ3n) is 4.47. The predicted octanol–water partition coefficient (Wildman–Crippen LogP) is 3.41. The zero-order valence-corrected chi connectivity index (χ0v) is 13.2. The minimum Gasteiger partial charge on any atom is -0.310 e. The molecular weight excluding hydrogens is 298 g/mol. The number of rotatable bonds is 3. The fourth-order valence-electron chi connectivity index (χ4n) is 3.10. The molecule has 0 saturated carbocycles. The molecule has 1 fully saturated rings. The number of nitrogens with one attached hydrogen (secondary N) is 1. The van der Waals surface area contributed by atoms with Gasteiger partial charge in [0.25, 0.3) is 0 Å². The van der Waals surface area contributed by atoms with Crippen LogP contribution in [0.4, 0.5) is 0 Å². The first-order valence-electron chi connectivity index (χ1n) is 8.06. The lowest BCUT2D eigenvalue weighted by atomic mass is 10.0. The molecule has 0 radical (unpaired) electrons. The van der Waals surface area contributed by atoms with Crippen LogP contribution in [0.15, 0.2) is 54.6 Å². The minimum atomic E-state index is 0.259. The molecule has 24 heavy (non-hydrogen) atoms. The summed E-state index contributed by atoms with van der Waals surface area (Å²) in [6.07, 6.45) is 3.13. The van der Waals surface area contributed by atoms with Crippen molar-refractivity contribution >= 4 is 0 Å². The first kappa shape index (κ1) is 14.5. The van der Waals surface area contributed by atoms with Crippen molar-refractivity contribution in [2.24, 2.45) is 0 Å². The molecular formula is C19H17N5. The second kappa shape index (κ2) is 6.17. The fourth-order valence-corrected chi connectivity index (χ4v) is 3.10. The smallest absolute Gasteiger partial charge is 0.181 e. The zero-order valence-electron chi connectivity index (χ0n) is 13.2. The van der Waals surface area contributed by atoms with Crippen molar-refractivity contribution < 1.29 is 0 Å². The van der Waals surface area contributed by atoms with Gasteiger partial charge in [0.05, 0.1) is 0 Å². The molecule has 1 unspecified atom stereocenters. The normalized spacial score (nSPS) is 17.0. The molecule has 2 aromatic carbocycles. The van der Waals surface area contributed by atoms with Crippen LogP contribution in [0, 0.1) is 11.5 Å². The number of aromatic amines is 1. The topological polar surface area (TPSA) is 68.6 Å². The number of hydrogen-bond acceptors (Lipinski definition) is 4. The monoisotopic (exact) mass is 315 g/mol. The summed E-state index contributed by atoms with van der Waals surface area (Å²) < 4.78 is 0. The molecule has 1 N–H and O–H groups in total. The van der Waals surface area contributed by atoms with Gasteiger partial charge >= 0.3 is 0 Å². The Morgan fingerprint density at radius 1 is 1.00 bits per heavy atom. The van der Waals surface area contributed by atoms with E-state index in [9.17, 15) is 0 Å². The van der Waals surface area contributed by atoms with Gasteiger partial charge < -0.3 is 4.90 Å². The second-order valence-electron chi connectivity index (χ2n) is 6.02. The SMILES string of the molecule is N#CN1CCC(c2nc(-c3ccc(-c4ccccc4)cc3)n[nH]2)C1. The first-order chi connectivity index (χ1) is 11.8. The van der Waals surface area contributed by atoms with Crippen LogP contribution < -0.4 is 0 Å². The third kappa shape index (κ3) is 2.74. The molecule has 0 spiro atoms. The Hall–Kier alpha value is -3.13. The molecule has 1 aromatic heterocycles. The summed E-state index contributed by atoms with van der Waals surface area (Å²) in [6, 6.07) is 18.6. The van der Waals surface area contributed by atoms with Crippen molar-refractivity contribution in [2.75, 3.05) is 13.1 Å². The molecule has 0 bridgehead atoms. The van der Waals surface area contributed by atoms with Gasteiger partial charge in [-0.2, -0.15) is 10.4 Å². The van der Waals surface area contributed by atoms with Crippen LogP contribution >= 0.6 is 0 Å². The fraction of sp³-hybridized carbons (Fsp3) is 0.211. The largest absolute Gasteiger partial charge is 0.310 e. The van der Waals surface area contributed by atoms with E-state index in [1.54, 1.807) is 4.90 Å². The summed E-state index contributed by atoms with van der Waals surface area (Å²) in [7, 11) is 0. The third-order valence-corrected chi connectivity index (χ3v) is 4.47. The lowest BCUT2D eigenvalue weighted by Crippen LogP contribution is -2.13. The molecule has 2 heterocycles. The van der Waals surface area contributed by atoms with E-state index in [-0.39, 0.29) is 5.92 Å². The molecule has 1 atom stereocenters. The lowest BCUT2D eigenvalue weighted by molar-refractivity contribution is 0.476. The number of benzene rings is 2. The van der Waals surface area contributed by atoms with Gasteiger partial charge in [0.15, 0.2) is 12.0 Å². The van der Waals surface area contributed by atoms with Gasteiger partial charge in [-0.3, -0.25) is 5.10 Å². The Labute approximate surface area is 140 Å². The van der Waals surface area contributed by atoms with Crippen LogP contribution in [0.25, 0.3) is 22.5 Å². The van der Waals surface area contributed by atoms with E-state index in [1.165, 1.54) is 11.1 Å². The van der Waals surface area contributed by atoms with E-state index in [1.807, 2.05) is 30.3 Å². The van der Waals surface area contributed by atoms with E-state index in [4.69, 9.17) is 5.26 Å². The van der Waals surface area contributed by atoms with Gasteiger partial charge in [0.1, 0.15) is 5.82 Å². The van der Waals surface area contributed by atoms with Gasteiger partial charge in [0, 0.05) is 24.6 Å². The van der Waals surface area contributed by atoms with Crippen molar-refractivity contribution in [3.8, 4) is 28.7 Å². The molecule has 5 heteroatoms. The van der Waals surface area contributed by atoms with Crippen LogP contribution in [-0.4, -0.2) is 33.2 Å². The van der Waals surface area contributed by atoms with E-state index in [2.05, 4.69) is 45.6 Å². The van der Waals surface area contributed by atoms with Crippen molar-refractivity contribution in [3.05, 3.63) is 60.4 Å². The Bertz CT molecular complexity index is 861. The maximum Gasteiger partial charge on any atom is 0.181 e. The molecule has 5 nitrogen and oxygen atoms in total. The first-order valence-corrected chi connectivity index (χ1v) is 8.06. The number of nitriles is 1. The van der Waals surface area contributed by atoms with Crippen LogP contribution in [0.1, 0.15) is 18.2 Å². The van der Waals surface area contributed by atoms with Crippen molar-refractivity contribution in [1.82, 2.24) is 20.1 Å². The Balaban J connectivity index is 1.54. The quantitative estimate of drug-likeness (QED) is 0.752. The molecule has 118 valence electrons. The van der Waals surface area contributed by atoms with Crippen molar-refractivity contribution in [2.45, 2.75) is 12.3 Å². The van der Waals surface area contributed by atoms with E-state index in [0.717, 1.165) is 30.9 Å². The zero-order chi connectivity index (χ0) is 16.4. The summed E-state index contributed by atoms with van der Waals surface area (Å²) >= 11 is 0. The van der Waals surface area contributed by atoms with Crippen molar-refractivity contribution in [3.63, 3.8) is 0 Å². The van der Waals surface area contributed by atoms with Gasteiger partial charge in [-0.1, -0.05) is 54.6 Å². The summed E-state index contributed by atoms with van der Waals surface area (Å²) in [5.74, 6) is 1.84. The Morgan fingerprint density at radius 3 is 2.42 bits per heavy atom. The number of aromatic nitrogens is 3. The summed E-state index contributed by atoms with van der Waals surface area (Å²) in [4.78, 5) is 6.40. The number of hydrogen-bond donors (Lipinski definition) is 1.